The van der Waals surface area contributed by atoms with Crippen LogP contribution in [0.5, 0.6) is 0 Å². The highest BCUT2D eigenvalue weighted by molar-refractivity contribution is 5.81. The molecule has 1 aliphatic rings. The summed E-state index contributed by atoms with van der Waals surface area (Å²) in [5.41, 5.74) is 1.38. The van der Waals surface area contributed by atoms with Gasteiger partial charge < -0.3 is 4.90 Å². The average Bonchev–Trinajstić information content (AvgIpc) is 3.31. The van der Waals surface area contributed by atoms with E-state index in [-0.39, 0.29) is 0 Å². The van der Waals surface area contributed by atoms with Crippen molar-refractivity contribution < 1.29 is 4.79 Å². The molecule has 0 bridgehead atoms. The highest BCUT2D eigenvalue weighted by Gasteiger charge is 2.33. The fourth-order valence-corrected chi connectivity index (χ4v) is 2.75. The van der Waals surface area contributed by atoms with E-state index in [1.807, 2.05) is 0 Å². The van der Waals surface area contributed by atoms with Crippen LogP contribution in [0, 0.1) is 11.8 Å². The molecular formula is C18H27NO. The van der Waals surface area contributed by atoms with Gasteiger partial charge >= 0.3 is 0 Å². The Kier molecular flexibility index (Phi) is 5.63. The van der Waals surface area contributed by atoms with E-state index in [9.17, 15) is 4.79 Å². The van der Waals surface area contributed by atoms with Crippen LogP contribution in [0.15, 0.2) is 30.3 Å². The maximum absolute atomic E-state index is 12.3. The van der Waals surface area contributed by atoms with Gasteiger partial charge in [0.25, 0.3) is 0 Å². The van der Waals surface area contributed by atoms with Crippen molar-refractivity contribution >= 4 is 5.91 Å². The molecule has 2 heteroatoms. The molecule has 1 unspecified atom stereocenters. The Hall–Kier alpha value is -1.31. The SMILES string of the molecule is CCCN(CC(CC)Cc1ccccc1)C(=O)C1CC1. The highest BCUT2D eigenvalue weighted by atomic mass is 16.2. The molecule has 0 heterocycles. The summed E-state index contributed by atoms with van der Waals surface area (Å²) >= 11 is 0. The molecule has 1 aliphatic carbocycles. The number of nitrogens with zero attached hydrogens (tertiary/aromatic N) is 1. The Bertz CT molecular complexity index is 411. The van der Waals surface area contributed by atoms with Gasteiger partial charge in [0.2, 0.25) is 5.91 Å². The molecule has 1 fully saturated rings. The lowest BCUT2D eigenvalue weighted by Crippen LogP contribution is -2.37. The second kappa shape index (κ2) is 7.47. The van der Waals surface area contributed by atoms with E-state index in [1.54, 1.807) is 0 Å². The van der Waals surface area contributed by atoms with E-state index in [1.165, 1.54) is 5.56 Å². The Labute approximate surface area is 123 Å². The Morgan fingerprint density at radius 2 is 1.95 bits per heavy atom. The summed E-state index contributed by atoms with van der Waals surface area (Å²) in [4.78, 5) is 14.4. The standard InChI is InChI=1S/C18H27NO/c1-3-12-19(18(20)17-10-11-17)14-15(4-2)13-16-8-6-5-7-9-16/h5-9,15,17H,3-4,10-14H2,1-2H3. The maximum atomic E-state index is 12.3. The van der Waals surface area contributed by atoms with Crippen LogP contribution in [0.2, 0.25) is 0 Å². The predicted octanol–water partition coefficient (Wildman–Crippen LogP) is 3.90. The average molecular weight is 273 g/mol. The fraction of sp³-hybridized carbons (Fsp3) is 0.611. The van der Waals surface area contributed by atoms with Crippen LogP contribution in [-0.2, 0) is 11.2 Å². The third kappa shape index (κ3) is 4.36. The van der Waals surface area contributed by atoms with Crippen molar-refractivity contribution in [3.63, 3.8) is 0 Å². The van der Waals surface area contributed by atoms with Crippen LogP contribution >= 0.6 is 0 Å². The van der Waals surface area contributed by atoms with E-state index < -0.39 is 0 Å². The maximum Gasteiger partial charge on any atom is 0.225 e. The third-order valence-corrected chi connectivity index (χ3v) is 4.15. The molecule has 110 valence electrons. The smallest absolute Gasteiger partial charge is 0.225 e. The van der Waals surface area contributed by atoms with Crippen molar-refractivity contribution in [3.05, 3.63) is 35.9 Å². The van der Waals surface area contributed by atoms with E-state index in [0.29, 0.717) is 17.7 Å². The lowest BCUT2D eigenvalue weighted by Gasteiger charge is -2.27. The second-order valence-corrected chi connectivity index (χ2v) is 6.02. The highest BCUT2D eigenvalue weighted by Crippen LogP contribution is 2.31. The zero-order chi connectivity index (χ0) is 14.4. The fourth-order valence-electron chi connectivity index (χ4n) is 2.75. The molecule has 1 atom stereocenters. The summed E-state index contributed by atoms with van der Waals surface area (Å²) in [6.45, 7) is 6.24. The number of benzene rings is 1. The molecule has 0 N–H and O–H groups in total. The van der Waals surface area contributed by atoms with Gasteiger partial charge in [-0.25, -0.2) is 0 Å². The lowest BCUT2D eigenvalue weighted by atomic mass is 9.96. The second-order valence-electron chi connectivity index (χ2n) is 6.02. The van der Waals surface area contributed by atoms with Crippen molar-refractivity contribution in [1.82, 2.24) is 4.90 Å². The first kappa shape index (κ1) is 15.1. The van der Waals surface area contributed by atoms with Crippen LogP contribution in [0.1, 0.15) is 45.1 Å². The molecule has 20 heavy (non-hydrogen) atoms. The van der Waals surface area contributed by atoms with Gasteiger partial charge in [0, 0.05) is 19.0 Å². The summed E-state index contributed by atoms with van der Waals surface area (Å²) < 4.78 is 0. The minimum atomic E-state index is 0.343. The van der Waals surface area contributed by atoms with Gasteiger partial charge in [0.15, 0.2) is 0 Å². The number of hydrogen-bond donors (Lipinski definition) is 0. The number of carbonyl (C=O) groups excluding carboxylic acids is 1. The quantitative estimate of drug-likeness (QED) is 0.703. The first-order valence-corrected chi connectivity index (χ1v) is 8.07. The van der Waals surface area contributed by atoms with Crippen LogP contribution in [0.25, 0.3) is 0 Å². The molecule has 0 radical (unpaired) electrons. The number of carbonyl (C=O) groups is 1. The van der Waals surface area contributed by atoms with E-state index in [0.717, 1.165) is 45.2 Å². The molecule has 0 saturated heterocycles. The largest absolute Gasteiger partial charge is 0.342 e. The van der Waals surface area contributed by atoms with Gasteiger partial charge in [-0.05, 0) is 37.2 Å². The third-order valence-electron chi connectivity index (χ3n) is 4.15. The van der Waals surface area contributed by atoms with Crippen molar-refractivity contribution in [2.45, 2.75) is 46.0 Å². The molecule has 2 nitrogen and oxygen atoms in total. The normalized spacial score (nSPS) is 15.9. The van der Waals surface area contributed by atoms with E-state index >= 15 is 0 Å². The summed E-state index contributed by atoms with van der Waals surface area (Å²) in [6.07, 6.45) is 5.48. The minimum absolute atomic E-state index is 0.343. The molecule has 1 aromatic carbocycles. The Morgan fingerprint density at radius 3 is 2.50 bits per heavy atom. The van der Waals surface area contributed by atoms with Gasteiger partial charge in [-0.1, -0.05) is 50.6 Å². The summed E-state index contributed by atoms with van der Waals surface area (Å²) in [7, 11) is 0. The van der Waals surface area contributed by atoms with Gasteiger partial charge in [-0.2, -0.15) is 0 Å². The molecule has 1 saturated carbocycles. The summed E-state index contributed by atoms with van der Waals surface area (Å²) in [5, 5.41) is 0. The summed E-state index contributed by atoms with van der Waals surface area (Å²) in [6, 6.07) is 10.6. The zero-order valence-corrected chi connectivity index (χ0v) is 12.8. The van der Waals surface area contributed by atoms with Crippen molar-refractivity contribution in [2.75, 3.05) is 13.1 Å². The minimum Gasteiger partial charge on any atom is -0.342 e. The Balaban J connectivity index is 1.93. The first-order valence-electron chi connectivity index (χ1n) is 8.07. The van der Waals surface area contributed by atoms with Crippen LogP contribution in [-0.4, -0.2) is 23.9 Å². The molecule has 0 aliphatic heterocycles. The van der Waals surface area contributed by atoms with E-state index in [2.05, 4.69) is 49.1 Å². The topological polar surface area (TPSA) is 20.3 Å². The van der Waals surface area contributed by atoms with Gasteiger partial charge in [0.05, 0.1) is 0 Å². The molecule has 0 spiro atoms. The van der Waals surface area contributed by atoms with Crippen molar-refractivity contribution in [3.8, 4) is 0 Å². The molecular weight excluding hydrogens is 246 g/mol. The zero-order valence-electron chi connectivity index (χ0n) is 12.8. The van der Waals surface area contributed by atoms with Crippen LogP contribution < -0.4 is 0 Å². The van der Waals surface area contributed by atoms with E-state index in [4.69, 9.17) is 0 Å². The van der Waals surface area contributed by atoms with Crippen LogP contribution in [0.4, 0.5) is 0 Å². The van der Waals surface area contributed by atoms with Gasteiger partial charge in [-0.15, -0.1) is 0 Å². The summed E-state index contributed by atoms with van der Waals surface area (Å²) in [5.74, 6) is 1.32. The molecule has 0 aromatic heterocycles. The lowest BCUT2D eigenvalue weighted by molar-refractivity contribution is -0.133. The monoisotopic (exact) mass is 273 g/mol. The van der Waals surface area contributed by atoms with Gasteiger partial charge in [-0.3, -0.25) is 4.79 Å². The predicted molar refractivity (Wildman–Crippen MR) is 83.5 cm³/mol. The molecule has 2 rings (SSSR count). The van der Waals surface area contributed by atoms with Crippen LogP contribution in [0.3, 0.4) is 0 Å². The van der Waals surface area contributed by atoms with Crippen molar-refractivity contribution in [1.29, 1.82) is 0 Å². The molecule has 1 aromatic rings. The van der Waals surface area contributed by atoms with Crippen molar-refractivity contribution in [2.24, 2.45) is 11.8 Å². The number of rotatable bonds is 8. The Morgan fingerprint density at radius 1 is 1.25 bits per heavy atom. The van der Waals surface area contributed by atoms with Gasteiger partial charge in [0.1, 0.15) is 0 Å². The number of amides is 1. The molecule has 1 amide bonds. The number of hydrogen-bond acceptors (Lipinski definition) is 1. The first-order chi connectivity index (χ1) is 9.74.